The van der Waals surface area contributed by atoms with Crippen LogP contribution in [-0.2, 0) is 5.88 Å². The summed E-state index contributed by atoms with van der Waals surface area (Å²) in [7, 11) is 0. The van der Waals surface area contributed by atoms with Crippen LogP contribution in [0.5, 0.6) is 5.75 Å². The summed E-state index contributed by atoms with van der Waals surface area (Å²) in [4.78, 5) is 0. The summed E-state index contributed by atoms with van der Waals surface area (Å²) < 4.78 is 52.1. The molecule has 0 aliphatic carbocycles. The van der Waals surface area contributed by atoms with Crippen LogP contribution in [0.15, 0.2) is 12.1 Å². The van der Waals surface area contributed by atoms with Crippen molar-refractivity contribution >= 4 is 17.3 Å². The van der Waals surface area contributed by atoms with Crippen LogP contribution >= 0.6 is 11.6 Å². The highest BCUT2D eigenvalue weighted by Crippen LogP contribution is 2.30. The topological polar surface area (TPSA) is 35.2 Å². The highest BCUT2D eigenvalue weighted by atomic mass is 35.5. The Morgan fingerprint density at radius 1 is 1.33 bits per heavy atom. The van der Waals surface area contributed by atoms with Gasteiger partial charge in [0.1, 0.15) is 0 Å². The molecule has 0 aliphatic rings. The van der Waals surface area contributed by atoms with Crippen LogP contribution < -0.4 is 10.5 Å². The van der Waals surface area contributed by atoms with Crippen molar-refractivity contribution in [2.75, 3.05) is 5.73 Å². The van der Waals surface area contributed by atoms with E-state index in [9.17, 15) is 17.6 Å². The molecule has 0 atom stereocenters. The fourth-order valence-corrected chi connectivity index (χ4v) is 1.23. The minimum Gasteiger partial charge on any atom is -0.403 e. The lowest BCUT2D eigenvalue weighted by Gasteiger charge is -2.12. The van der Waals surface area contributed by atoms with Crippen LogP contribution in [-0.4, -0.2) is 6.36 Å². The molecule has 0 heterocycles. The normalized spacial score (nSPS) is 11.5. The summed E-state index contributed by atoms with van der Waals surface area (Å²) in [6.45, 7) is 0. The molecule has 1 aromatic carbocycles. The Kier molecular flexibility index (Phi) is 3.28. The zero-order valence-electron chi connectivity index (χ0n) is 7.24. The maximum atomic E-state index is 13.3. The molecule has 15 heavy (non-hydrogen) atoms. The van der Waals surface area contributed by atoms with Crippen LogP contribution in [0.1, 0.15) is 5.56 Å². The molecule has 1 aromatic rings. The van der Waals surface area contributed by atoms with Crippen molar-refractivity contribution in [1.82, 2.24) is 0 Å². The summed E-state index contributed by atoms with van der Waals surface area (Å²) >= 11 is 5.32. The van der Waals surface area contributed by atoms with Gasteiger partial charge in [-0.05, 0) is 12.1 Å². The van der Waals surface area contributed by atoms with Crippen LogP contribution in [0.4, 0.5) is 23.2 Å². The predicted octanol–water partition coefficient (Wildman–Crippen LogP) is 3.05. The van der Waals surface area contributed by atoms with Gasteiger partial charge in [-0.25, -0.2) is 4.39 Å². The largest absolute Gasteiger partial charge is 0.573 e. The maximum absolute atomic E-state index is 13.3. The van der Waals surface area contributed by atoms with Crippen molar-refractivity contribution in [2.24, 2.45) is 0 Å². The first-order valence-corrected chi connectivity index (χ1v) is 4.27. The maximum Gasteiger partial charge on any atom is 0.573 e. The van der Waals surface area contributed by atoms with Gasteiger partial charge in [0.2, 0.25) is 0 Å². The zero-order valence-corrected chi connectivity index (χ0v) is 7.99. The van der Waals surface area contributed by atoms with Gasteiger partial charge in [-0.3, -0.25) is 0 Å². The van der Waals surface area contributed by atoms with E-state index in [1.165, 1.54) is 0 Å². The van der Waals surface area contributed by atoms with Crippen molar-refractivity contribution in [1.29, 1.82) is 0 Å². The molecule has 0 bridgehead atoms. The molecule has 0 radical (unpaired) electrons. The number of nitrogens with two attached hydrogens (primary N) is 1. The number of nitrogen functional groups attached to an aromatic ring is 1. The Bertz CT molecular complexity index is 366. The van der Waals surface area contributed by atoms with E-state index in [4.69, 9.17) is 17.3 Å². The average Bonchev–Trinajstić information content (AvgIpc) is 2.09. The molecular formula is C8H6ClF4NO. The van der Waals surface area contributed by atoms with Gasteiger partial charge in [0.05, 0.1) is 5.88 Å². The minimum atomic E-state index is -4.94. The monoisotopic (exact) mass is 243 g/mol. The second kappa shape index (κ2) is 4.14. The number of alkyl halides is 4. The van der Waals surface area contributed by atoms with E-state index in [0.717, 1.165) is 12.1 Å². The van der Waals surface area contributed by atoms with Gasteiger partial charge in [-0.15, -0.1) is 24.8 Å². The number of hydrogen-bond acceptors (Lipinski definition) is 2. The van der Waals surface area contributed by atoms with Gasteiger partial charge < -0.3 is 10.5 Å². The molecule has 0 aliphatic heterocycles. The number of hydrogen-bond donors (Lipinski definition) is 1. The molecule has 2 N–H and O–H groups in total. The lowest BCUT2D eigenvalue weighted by molar-refractivity contribution is -0.275. The number of ether oxygens (including phenoxy) is 1. The van der Waals surface area contributed by atoms with Crippen LogP contribution in [0, 0.1) is 5.82 Å². The standard InChI is InChI=1S/C8H6ClF4NO/c9-3-4-5(14)1-2-6(7(4)10)15-8(11,12)13/h1-2H,3,14H2. The van der Waals surface area contributed by atoms with Crippen molar-refractivity contribution in [3.63, 3.8) is 0 Å². The average molecular weight is 244 g/mol. The highest BCUT2D eigenvalue weighted by Gasteiger charge is 2.32. The quantitative estimate of drug-likeness (QED) is 0.492. The molecule has 0 fully saturated rings. The second-order valence-electron chi connectivity index (χ2n) is 2.63. The van der Waals surface area contributed by atoms with E-state index in [1.807, 2.05) is 0 Å². The Hall–Kier alpha value is -1.17. The summed E-state index contributed by atoms with van der Waals surface area (Å²) in [6.07, 6.45) is -4.94. The van der Waals surface area contributed by atoms with Crippen molar-refractivity contribution in [3.8, 4) is 5.75 Å². The Labute approximate surface area is 87.6 Å². The fraction of sp³-hybridized carbons (Fsp3) is 0.250. The summed E-state index contributed by atoms with van der Waals surface area (Å²) in [6, 6.07) is 1.90. The summed E-state index contributed by atoms with van der Waals surface area (Å²) in [5.74, 6) is -2.46. The SMILES string of the molecule is Nc1ccc(OC(F)(F)F)c(F)c1CCl. The Morgan fingerprint density at radius 2 is 1.93 bits per heavy atom. The lowest BCUT2D eigenvalue weighted by atomic mass is 10.2. The molecule has 2 nitrogen and oxygen atoms in total. The smallest absolute Gasteiger partial charge is 0.403 e. The van der Waals surface area contributed by atoms with Gasteiger partial charge in [0.15, 0.2) is 11.6 Å². The molecule has 0 amide bonds. The second-order valence-corrected chi connectivity index (χ2v) is 2.89. The third-order valence-corrected chi connectivity index (χ3v) is 1.87. The van der Waals surface area contributed by atoms with Crippen molar-refractivity contribution in [2.45, 2.75) is 12.2 Å². The van der Waals surface area contributed by atoms with E-state index in [-0.39, 0.29) is 17.1 Å². The number of benzene rings is 1. The molecule has 0 aromatic heterocycles. The summed E-state index contributed by atoms with van der Waals surface area (Å²) in [5, 5.41) is 0. The summed E-state index contributed by atoms with van der Waals surface area (Å²) in [5.41, 5.74) is 5.08. The number of anilines is 1. The van der Waals surface area contributed by atoms with E-state index in [1.54, 1.807) is 0 Å². The molecule has 84 valence electrons. The van der Waals surface area contributed by atoms with Gasteiger partial charge in [0, 0.05) is 11.3 Å². The van der Waals surface area contributed by atoms with E-state index < -0.39 is 17.9 Å². The van der Waals surface area contributed by atoms with Crippen LogP contribution in [0.2, 0.25) is 0 Å². The van der Waals surface area contributed by atoms with Crippen molar-refractivity contribution < 1.29 is 22.3 Å². The molecule has 7 heteroatoms. The van der Waals surface area contributed by atoms with Crippen LogP contribution in [0.3, 0.4) is 0 Å². The molecule has 0 spiro atoms. The molecular weight excluding hydrogens is 238 g/mol. The van der Waals surface area contributed by atoms with Gasteiger partial charge in [-0.1, -0.05) is 0 Å². The Balaban J connectivity index is 3.11. The molecule has 0 saturated carbocycles. The van der Waals surface area contributed by atoms with Gasteiger partial charge >= 0.3 is 6.36 Å². The first-order chi connectivity index (χ1) is 6.85. The van der Waals surface area contributed by atoms with Gasteiger partial charge in [0.25, 0.3) is 0 Å². The molecule has 1 rings (SSSR count). The lowest BCUT2D eigenvalue weighted by Crippen LogP contribution is -2.18. The Morgan fingerprint density at radius 3 is 2.40 bits per heavy atom. The predicted molar refractivity (Wildman–Crippen MR) is 47.1 cm³/mol. The highest BCUT2D eigenvalue weighted by molar-refractivity contribution is 6.17. The molecule has 0 unspecified atom stereocenters. The molecule has 0 saturated heterocycles. The third kappa shape index (κ3) is 2.89. The fourth-order valence-electron chi connectivity index (χ4n) is 0.954. The first kappa shape index (κ1) is 11.9. The van der Waals surface area contributed by atoms with Gasteiger partial charge in [-0.2, -0.15) is 0 Å². The van der Waals surface area contributed by atoms with Crippen LogP contribution in [0.25, 0.3) is 0 Å². The number of halogens is 5. The minimum absolute atomic E-state index is 0.0166. The van der Waals surface area contributed by atoms with E-state index >= 15 is 0 Å². The first-order valence-electron chi connectivity index (χ1n) is 3.73. The van der Waals surface area contributed by atoms with E-state index in [2.05, 4.69) is 4.74 Å². The van der Waals surface area contributed by atoms with Crippen molar-refractivity contribution in [3.05, 3.63) is 23.5 Å². The number of rotatable bonds is 2. The third-order valence-electron chi connectivity index (χ3n) is 1.60. The van der Waals surface area contributed by atoms with E-state index in [0.29, 0.717) is 0 Å². The zero-order chi connectivity index (χ0) is 11.6.